The molecule has 0 atom stereocenters. The Balaban J connectivity index is 2.48. The van der Waals surface area contributed by atoms with Crippen molar-refractivity contribution in [3.8, 4) is 0 Å². The third-order valence-corrected chi connectivity index (χ3v) is 8.83. The Bertz CT molecular complexity index is 273. The van der Waals surface area contributed by atoms with Gasteiger partial charge < -0.3 is 9.53 Å². The van der Waals surface area contributed by atoms with E-state index in [1.54, 1.807) is 0 Å². The van der Waals surface area contributed by atoms with Gasteiger partial charge in [0.05, 0.1) is 5.92 Å². The summed E-state index contributed by atoms with van der Waals surface area (Å²) in [5, 5.41) is 9.19. The van der Waals surface area contributed by atoms with Crippen LogP contribution in [0.15, 0.2) is 0 Å². The lowest BCUT2D eigenvalue weighted by atomic mass is 9.88. The van der Waals surface area contributed by atoms with Crippen molar-refractivity contribution in [3.05, 3.63) is 0 Å². The molecule has 0 radical (unpaired) electrons. The van der Waals surface area contributed by atoms with Gasteiger partial charge in [-0.3, -0.25) is 4.79 Å². The van der Waals surface area contributed by atoms with Crippen molar-refractivity contribution >= 4 is 14.3 Å². The Morgan fingerprint density at radius 1 is 1.18 bits per heavy atom. The molecule has 1 saturated carbocycles. The van der Waals surface area contributed by atoms with Crippen LogP contribution in [0.2, 0.25) is 18.1 Å². The summed E-state index contributed by atoms with van der Waals surface area (Å²) in [6.45, 7) is 11.2. The van der Waals surface area contributed by atoms with Gasteiger partial charge in [-0.25, -0.2) is 0 Å². The number of hydrogen-bond acceptors (Lipinski definition) is 2. The number of aliphatic carboxylic acids is 1. The lowest BCUT2D eigenvalue weighted by Crippen LogP contribution is -2.45. The molecule has 100 valence electrons. The topological polar surface area (TPSA) is 46.5 Å². The van der Waals surface area contributed by atoms with Crippen molar-refractivity contribution in [2.24, 2.45) is 5.92 Å². The molecule has 0 unspecified atom stereocenters. The molecular weight excluding hydrogens is 232 g/mol. The van der Waals surface area contributed by atoms with E-state index in [0.717, 1.165) is 25.7 Å². The maximum absolute atomic E-state index is 10.9. The zero-order chi connectivity index (χ0) is 13.3. The van der Waals surface area contributed by atoms with Gasteiger partial charge in [0.2, 0.25) is 0 Å². The number of hydrogen-bond donors (Lipinski definition) is 1. The Morgan fingerprint density at radius 3 is 2.00 bits per heavy atom. The van der Waals surface area contributed by atoms with Crippen LogP contribution in [0.25, 0.3) is 0 Å². The molecule has 3 nitrogen and oxygen atoms in total. The minimum Gasteiger partial charge on any atom is -0.481 e. The lowest BCUT2D eigenvalue weighted by Gasteiger charge is -2.40. The molecule has 0 aromatic rings. The van der Waals surface area contributed by atoms with E-state index in [1.165, 1.54) is 0 Å². The number of carboxylic acids is 1. The van der Waals surface area contributed by atoms with Crippen LogP contribution in [0.1, 0.15) is 46.5 Å². The molecule has 4 heteroatoms. The highest BCUT2D eigenvalue weighted by Crippen LogP contribution is 2.39. The van der Waals surface area contributed by atoms with Crippen molar-refractivity contribution in [2.75, 3.05) is 0 Å². The molecule has 1 aliphatic rings. The summed E-state index contributed by atoms with van der Waals surface area (Å²) in [5.41, 5.74) is 0. The molecule has 1 aliphatic carbocycles. The Morgan fingerprint density at radius 2 is 1.65 bits per heavy atom. The maximum atomic E-state index is 10.9. The van der Waals surface area contributed by atoms with E-state index >= 15 is 0 Å². The molecule has 17 heavy (non-hydrogen) atoms. The summed E-state index contributed by atoms with van der Waals surface area (Å²) in [6.07, 6.45) is 3.64. The van der Waals surface area contributed by atoms with Crippen LogP contribution in [0.3, 0.4) is 0 Å². The minimum atomic E-state index is -1.69. The SMILES string of the molecule is CC(C)(C)[Si](C)(C)O[C@H]1CC[C@@H](C(=O)O)CC1. The Hall–Kier alpha value is -0.353. The molecule has 0 heterocycles. The fourth-order valence-corrected chi connectivity index (χ4v) is 3.44. The lowest BCUT2D eigenvalue weighted by molar-refractivity contribution is -0.143. The number of carbonyl (C=O) groups is 1. The molecule has 0 spiro atoms. The first-order valence-corrected chi connectivity index (χ1v) is 9.45. The monoisotopic (exact) mass is 258 g/mol. The first-order chi connectivity index (χ1) is 7.63. The van der Waals surface area contributed by atoms with Gasteiger partial charge in [0.25, 0.3) is 0 Å². The van der Waals surface area contributed by atoms with Crippen LogP contribution in [0.4, 0.5) is 0 Å². The highest BCUT2D eigenvalue weighted by atomic mass is 28.4. The normalized spacial score (nSPS) is 26.9. The van der Waals surface area contributed by atoms with E-state index in [1.807, 2.05) is 0 Å². The van der Waals surface area contributed by atoms with Gasteiger partial charge >= 0.3 is 5.97 Å². The zero-order valence-corrected chi connectivity index (χ0v) is 12.7. The van der Waals surface area contributed by atoms with Gasteiger partial charge in [-0.2, -0.15) is 0 Å². The molecule has 0 amide bonds. The van der Waals surface area contributed by atoms with Gasteiger partial charge in [0.1, 0.15) is 0 Å². The van der Waals surface area contributed by atoms with Crippen molar-refractivity contribution < 1.29 is 14.3 Å². The summed E-state index contributed by atoms with van der Waals surface area (Å²) < 4.78 is 6.32. The van der Waals surface area contributed by atoms with Gasteiger partial charge in [0, 0.05) is 6.10 Å². The second-order valence-electron chi connectivity index (χ2n) is 6.69. The molecular formula is C13H26O3Si. The summed E-state index contributed by atoms with van der Waals surface area (Å²) in [4.78, 5) is 10.9. The van der Waals surface area contributed by atoms with Gasteiger partial charge in [-0.1, -0.05) is 20.8 Å². The molecule has 0 aromatic carbocycles. The summed E-state index contributed by atoms with van der Waals surface area (Å²) >= 11 is 0. The third-order valence-electron chi connectivity index (χ3n) is 4.29. The predicted octanol–water partition coefficient (Wildman–Crippen LogP) is 3.65. The van der Waals surface area contributed by atoms with Crippen molar-refractivity contribution in [1.82, 2.24) is 0 Å². The van der Waals surface area contributed by atoms with Gasteiger partial charge in [-0.05, 0) is 43.8 Å². The average molecular weight is 258 g/mol. The molecule has 0 saturated heterocycles. The largest absolute Gasteiger partial charge is 0.481 e. The maximum Gasteiger partial charge on any atom is 0.306 e. The molecule has 1 fully saturated rings. The Labute approximate surface area is 106 Å². The van der Waals surface area contributed by atoms with E-state index in [9.17, 15) is 4.79 Å². The smallest absolute Gasteiger partial charge is 0.306 e. The summed E-state index contributed by atoms with van der Waals surface area (Å²) in [5.74, 6) is -0.787. The van der Waals surface area contributed by atoms with Crippen LogP contribution >= 0.6 is 0 Å². The Kier molecular flexibility index (Phi) is 4.41. The summed E-state index contributed by atoms with van der Waals surface area (Å²) in [6, 6.07) is 0. The van der Waals surface area contributed by atoms with Crippen molar-refractivity contribution in [3.63, 3.8) is 0 Å². The second kappa shape index (κ2) is 5.10. The number of carboxylic acid groups (broad SMARTS) is 1. The molecule has 1 N–H and O–H groups in total. The fraction of sp³-hybridized carbons (Fsp3) is 0.923. The van der Waals surface area contributed by atoms with Crippen LogP contribution in [-0.4, -0.2) is 25.5 Å². The van der Waals surface area contributed by atoms with Gasteiger partial charge in [-0.15, -0.1) is 0 Å². The van der Waals surface area contributed by atoms with E-state index in [0.29, 0.717) is 0 Å². The highest BCUT2D eigenvalue weighted by Gasteiger charge is 2.40. The zero-order valence-electron chi connectivity index (χ0n) is 11.7. The van der Waals surface area contributed by atoms with E-state index in [-0.39, 0.29) is 17.1 Å². The van der Waals surface area contributed by atoms with Gasteiger partial charge in [0.15, 0.2) is 8.32 Å². The number of rotatable bonds is 3. The van der Waals surface area contributed by atoms with Crippen LogP contribution in [0, 0.1) is 5.92 Å². The van der Waals surface area contributed by atoms with Crippen LogP contribution in [0.5, 0.6) is 0 Å². The van der Waals surface area contributed by atoms with Crippen molar-refractivity contribution in [1.29, 1.82) is 0 Å². The fourth-order valence-electron chi connectivity index (χ4n) is 2.02. The minimum absolute atomic E-state index is 0.144. The highest BCUT2D eigenvalue weighted by molar-refractivity contribution is 6.74. The second-order valence-corrected chi connectivity index (χ2v) is 11.4. The molecule has 1 rings (SSSR count). The standard InChI is InChI=1S/C13H26O3Si/c1-13(2,3)17(4,5)16-11-8-6-10(7-9-11)12(14)15/h10-11H,6-9H2,1-5H3,(H,14,15)/t10-,11+. The van der Waals surface area contributed by atoms with E-state index < -0.39 is 14.3 Å². The van der Waals surface area contributed by atoms with E-state index in [4.69, 9.17) is 9.53 Å². The third kappa shape index (κ3) is 3.81. The van der Waals surface area contributed by atoms with E-state index in [2.05, 4.69) is 33.9 Å². The molecule has 0 bridgehead atoms. The van der Waals surface area contributed by atoms with Crippen LogP contribution < -0.4 is 0 Å². The first kappa shape index (κ1) is 14.7. The van der Waals surface area contributed by atoms with Crippen molar-refractivity contribution in [2.45, 2.75) is 70.7 Å². The summed E-state index contributed by atoms with van der Waals surface area (Å²) in [7, 11) is -1.69. The van der Waals surface area contributed by atoms with Crippen LogP contribution in [-0.2, 0) is 9.22 Å². The molecule has 0 aliphatic heterocycles. The predicted molar refractivity (Wildman–Crippen MR) is 71.7 cm³/mol. The average Bonchev–Trinajstić information content (AvgIpc) is 2.16. The molecule has 0 aromatic heterocycles. The first-order valence-electron chi connectivity index (χ1n) is 6.54. The quantitative estimate of drug-likeness (QED) is 0.786.